The van der Waals surface area contributed by atoms with Crippen molar-refractivity contribution in [3.63, 3.8) is 0 Å². The average Bonchev–Trinajstić information content (AvgIpc) is 2.82. The summed E-state index contributed by atoms with van der Waals surface area (Å²) in [5.74, 6) is -0.282. The summed E-state index contributed by atoms with van der Waals surface area (Å²) in [7, 11) is 0. The van der Waals surface area contributed by atoms with Crippen molar-refractivity contribution in [2.45, 2.75) is 6.92 Å². The van der Waals surface area contributed by atoms with Crippen LogP contribution in [0.2, 0.25) is 10.0 Å². The van der Waals surface area contributed by atoms with Crippen LogP contribution in [-0.2, 0) is 0 Å². The lowest BCUT2D eigenvalue weighted by Gasteiger charge is -2.04. The van der Waals surface area contributed by atoms with E-state index in [1.165, 1.54) is 11.3 Å². The Morgan fingerprint density at radius 3 is 2.71 bits per heavy atom. The Morgan fingerprint density at radius 2 is 2.00 bits per heavy atom. The third-order valence-electron chi connectivity index (χ3n) is 2.96. The first-order valence-corrected chi connectivity index (χ1v) is 7.74. The molecule has 1 heterocycles. The second-order valence-electron chi connectivity index (χ2n) is 4.54. The van der Waals surface area contributed by atoms with Gasteiger partial charge in [-0.25, -0.2) is 4.98 Å². The minimum atomic E-state index is -0.282. The van der Waals surface area contributed by atoms with Crippen molar-refractivity contribution in [2.24, 2.45) is 0 Å². The molecule has 106 valence electrons. The molecular weight excluding hydrogens is 327 g/mol. The van der Waals surface area contributed by atoms with E-state index in [1.54, 1.807) is 18.2 Å². The fourth-order valence-corrected chi connectivity index (χ4v) is 3.42. The molecule has 0 fully saturated rings. The summed E-state index contributed by atoms with van der Waals surface area (Å²) in [6, 6.07) is 10.8. The van der Waals surface area contributed by atoms with E-state index >= 15 is 0 Å². The van der Waals surface area contributed by atoms with Crippen molar-refractivity contribution in [3.05, 3.63) is 57.6 Å². The van der Waals surface area contributed by atoms with Crippen LogP contribution in [0.15, 0.2) is 36.4 Å². The summed E-state index contributed by atoms with van der Waals surface area (Å²) in [6.07, 6.45) is 0. The van der Waals surface area contributed by atoms with Crippen molar-refractivity contribution in [2.75, 3.05) is 5.32 Å². The van der Waals surface area contributed by atoms with Crippen molar-refractivity contribution < 1.29 is 4.79 Å². The normalized spacial score (nSPS) is 10.8. The van der Waals surface area contributed by atoms with Crippen LogP contribution in [0.3, 0.4) is 0 Å². The predicted octanol–water partition coefficient (Wildman–Crippen LogP) is 5.16. The molecule has 6 heteroatoms. The highest BCUT2D eigenvalue weighted by molar-refractivity contribution is 7.22. The number of aromatic nitrogens is 1. The average molecular weight is 337 g/mol. The Bertz CT molecular complexity index is 845. The number of nitrogens with one attached hydrogen (secondary N) is 1. The Morgan fingerprint density at radius 1 is 1.19 bits per heavy atom. The maximum Gasteiger partial charge on any atom is 0.258 e. The van der Waals surface area contributed by atoms with E-state index in [9.17, 15) is 4.79 Å². The first-order valence-electron chi connectivity index (χ1n) is 6.17. The van der Waals surface area contributed by atoms with Crippen LogP contribution in [0.4, 0.5) is 5.13 Å². The minimum absolute atomic E-state index is 0.282. The van der Waals surface area contributed by atoms with E-state index in [0.717, 1.165) is 10.3 Å². The van der Waals surface area contributed by atoms with Crippen molar-refractivity contribution >= 4 is 55.8 Å². The summed E-state index contributed by atoms with van der Waals surface area (Å²) in [6.45, 7) is 1.92. The predicted molar refractivity (Wildman–Crippen MR) is 88.8 cm³/mol. The second kappa shape index (κ2) is 5.64. The molecule has 0 unspecified atom stereocenters. The number of carbonyl (C=O) groups is 1. The molecule has 0 aliphatic carbocycles. The lowest BCUT2D eigenvalue weighted by Crippen LogP contribution is -2.12. The number of thiazole rings is 1. The number of aryl methyl sites for hydroxylation is 1. The lowest BCUT2D eigenvalue weighted by atomic mass is 10.1. The Kier molecular flexibility index (Phi) is 3.85. The quantitative estimate of drug-likeness (QED) is 0.701. The lowest BCUT2D eigenvalue weighted by molar-refractivity contribution is 0.102. The van der Waals surface area contributed by atoms with Crippen LogP contribution in [0.25, 0.3) is 10.2 Å². The zero-order chi connectivity index (χ0) is 15.0. The van der Waals surface area contributed by atoms with Gasteiger partial charge in [0.05, 0.1) is 20.3 Å². The molecule has 0 saturated heterocycles. The van der Waals surface area contributed by atoms with E-state index < -0.39 is 0 Å². The van der Waals surface area contributed by atoms with E-state index in [1.807, 2.05) is 25.1 Å². The molecule has 0 bridgehead atoms. The van der Waals surface area contributed by atoms with Crippen LogP contribution in [0.5, 0.6) is 0 Å². The molecule has 0 saturated carbocycles. The summed E-state index contributed by atoms with van der Waals surface area (Å²) < 4.78 is 0.924. The molecule has 0 radical (unpaired) electrons. The number of rotatable bonds is 2. The first kappa shape index (κ1) is 14.3. The van der Waals surface area contributed by atoms with Gasteiger partial charge < -0.3 is 0 Å². The Labute approximate surface area is 135 Å². The van der Waals surface area contributed by atoms with Crippen LogP contribution in [0, 0.1) is 6.92 Å². The smallest absolute Gasteiger partial charge is 0.258 e. The number of anilines is 1. The molecule has 21 heavy (non-hydrogen) atoms. The third kappa shape index (κ3) is 2.88. The van der Waals surface area contributed by atoms with E-state index in [2.05, 4.69) is 10.3 Å². The first-order chi connectivity index (χ1) is 10.0. The van der Waals surface area contributed by atoms with Gasteiger partial charge in [0, 0.05) is 0 Å². The van der Waals surface area contributed by atoms with Gasteiger partial charge in [-0.1, -0.05) is 46.7 Å². The van der Waals surface area contributed by atoms with Crippen LogP contribution < -0.4 is 5.32 Å². The molecule has 3 aromatic rings. The molecule has 0 aliphatic rings. The second-order valence-corrected chi connectivity index (χ2v) is 6.39. The third-order valence-corrected chi connectivity index (χ3v) is 4.51. The van der Waals surface area contributed by atoms with Crippen LogP contribution >= 0.6 is 34.5 Å². The molecule has 1 N–H and O–H groups in total. The zero-order valence-electron chi connectivity index (χ0n) is 11.0. The summed E-state index contributed by atoms with van der Waals surface area (Å²) in [5.41, 5.74) is 2.12. The maximum absolute atomic E-state index is 12.2. The fourth-order valence-electron chi connectivity index (χ4n) is 1.94. The van der Waals surface area contributed by atoms with Gasteiger partial charge in [-0.05, 0) is 36.8 Å². The topological polar surface area (TPSA) is 42.0 Å². The zero-order valence-corrected chi connectivity index (χ0v) is 13.3. The van der Waals surface area contributed by atoms with Gasteiger partial charge in [-0.15, -0.1) is 0 Å². The molecule has 0 aliphatic heterocycles. The number of amides is 1. The highest BCUT2D eigenvalue weighted by atomic mass is 35.5. The number of hydrogen-bond donors (Lipinski definition) is 1. The standard InChI is InChI=1S/C15H10Cl2N2OS/c1-8-5-6-9(11(17)7-8)14(20)19-15-18-13-10(16)3-2-4-12(13)21-15/h2-7H,1H3,(H,18,19,20). The molecule has 0 spiro atoms. The van der Waals surface area contributed by atoms with Gasteiger partial charge in [0.2, 0.25) is 0 Å². The fraction of sp³-hybridized carbons (Fsp3) is 0.0667. The summed E-state index contributed by atoms with van der Waals surface area (Å²) >= 11 is 13.5. The summed E-state index contributed by atoms with van der Waals surface area (Å²) in [4.78, 5) is 16.6. The van der Waals surface area contributed by atoms with Gasteiger partial charge in [0.1, 0.15) is 5.52 Å². The number of benzene rings is 2. The van der Waals surface area contributed by atoms with Crippen LogP contribution in [-0.4, -0.2) is 10.9 Å². The van der Waals surface area contributed by atoms with Gasteiger partial charge in [0.15, 0.2) is 5.13 Å². The highest BCUT2D eigenvalue weighted by Crippen LogP contribution is 2.31. The molecule has 1 aromatic heterocycles. The van der Waals surface area contributed by atoms with E-state index in [4.69, 9.17) is 23.2 Å². The number of halogens is 2. The largest absolute Gasteiger partial charge is 0.298 e. The molecule has 0 atom stereocenters. The maximum atomic E-state index is 12.2. The van der Waals surface area contributed by atoms with Crippen molar-refractivity contribution in [1.82, 2.24) is 4.98 Å². The number of nitrogens with zero attached hydrogens (tertiary/aromatic N) is 1. The van der Waals surface area contributed by atoms with Gasteiger partial charge in [0.25, 0.3) is 5.91 Å². The Balaban J connectivity index is 1.91. The van der Waals surface area contributed by atoms with Crippen LogP contribution in [0.1, 0.15) is 15.9 Å². The highest BCUT2D eigenvalue weighted by Gasteiger charge is 2.13. The molecule has 2 aromatic carbocycles. The van der Waals surface area contributed by atoms with Crippen molar-refractivity contribution in [1.29, 1.82) is 0 Å². The molecule has 3 nitrogen and oxygen atoms in total. The number of fused-ring (bicyclic) bond motifs is 1. The molecular formula is C15H10Cl2N2OS. The number of para-hydroxylation sites is 1. The number of hydrogen-bond acceptors (Lipinski definition) is 3. The monoisotopic (exact) mass is 336 g/mol. The Hall–Kier alpha value is -1.62. The summed E-state index contributed by atoms with van der Waals surface area (Å²) in [5, 5.41) is 4.25. The minimum Gasteiger partial charge on any atom is -0.298 e. The van der Waals surface area contributed by atoms with Gasteiger partial charge in [-0.2, -0.15) is 0 Å². The SMILES string of the molecule is Cc1ccc(C(=O)Nc2nc3c(Cl)cccc3s2)c(Cl)c1. The number of carbonyl (C=O) groups excluding carboxylic acids is 1. The molecule has 1 amide bonds. The van der Waals surface area contributed by atoms with E-state index in [-0.39, 0.29) is 5.91 Å². The van der Waals surface area contributed by atoms with Crippen molar-refractivity contribution in [3.8, 4) is 0 Å². The van der Waals surface area contributed by atoms with Gasteiger partial charge in [-0.3, -0.25) is 10.1 Å². The van der Waals surface area contributed by atoms with E-state index in [0.29, 0.717) is 26.3 Å². The molecule has 3 rings (SSSR count). The van der Waals surface area contributed by atoms with Gasteiger partial charge >= 0.3 is 0 Å².